The largest absolute Gasteiger partial charge is 0.444 e. The molecular weight excluding hydrogens is 402 g/mol. The average molecular weight is 414 g/mol. The number of halogens is 1. The van der Waals surface area contributed by atoms with Crippen LogP contribution in [0.15, 0.2) is 55.4 Å². The second kappa shape index (κ2) is 5.93. The van der Waals surface area contributed by atoms with E-state index in [1.165, 1.54) is 17.8 Å². The third kappa shape index (κ3) is 2.94. The highest BCUT2D eigenvalue weighted by Crippen LogP contribution is 2.42. The molecule has 1 saturated carbocycles. The molecular formula is C18H12BrN3O2S. The summed E-state index contributed by atoms with van der Waals surface area (Å²) in [5.41, 5.74) is 3.03. The Hall–Kier alpha value is -2.25. The Balaban J connectivity index is 1.40. The molecule has 1 aliphatic rings. The van der Waals surface area contributed by atoms with Crippen LogP contribution in [-0.2, 0) is 0 Å². The Morgan fingerprint density at radius 1 is 1.00 bits per heavy atom. The number of thiazole rings is 1. The molecule has 0 atom stereocenters. The summed E-state index contributed by atoms with van der Waals surface area (Å²) in [6.07, 6.45) is 2.55. The molecule has 0 saturated heterocycles. The van der Waals surface area contributed by atoms with Crippen molar-refractivity contribution in [1.29, 1.82) is 0 Å². The SMILES string of the molecule is Brc1ccc(-c2nc(-c3ccc(-c4csc(C5CC5)n4)cc3)no2)o1. The molecule has 0 aliphatic heterocycles. The molecule has 1 aromatic carbocycles. The van der Waals surface area contributed by atoms with E-state index in [0.717, 1.165) is 16.8 Å². The minimum Gasteiger partial charge on any atom is -0.444 e. The molecule has 3 aromatic heterocycles. The molecule has 0 bridgehead atoms. The molecule has 25 heavy (non-hydrogen) atoms. The van der Waals surface area contributed by atoms with Gasteiger partial charge in [-0.25, -0.2) is 4.98 Å². The fraction of sp³-hybridized carbons (Fsp3) is 0.167. The van der Waals surface area contributed by atoms with Crippen LogP contribution in [0.5, 0.6) is 0 Å². The van der Waals surface area contributed by atoms with Gasteiger partial charge in [0.05, 0.1) is 10.7 Å². The molecule has 5 rings (SSSR count). The molecule has 124 valence electrons. The zero-order valence-electron chi connectivity index (χ0n) is 13.0. The standard InChI is InChI=1S/C18H12BrN3O2S/c19-15-8-7-14(23-15)17-21-16(22-24-17)11-3-1-10(2-4-11)13-9-25-18(20-13)12-5-6-12/h1-4,7-9,12H,5-6H2. The molecule has 0 unspecified atom stereocenters. The number of furan rings is 1. The first-order valence-corrected chi connectivity index (χ1v) is 9.59. The summed E-state index contributed by atoms with van der Waals surface area (Å²) >= 11 is 5.02. The Kier molecular flexibility index (Phi) is 3.57. The van der Waals surface area contributed by atoms with Crippen LogP contribution < -0.4 is 0 Å². The fourth-order valence-electron chi connectivity index (χ4n) is 2.60. The van der Waals surface area contributed by atoms with Gasteiger partial charge in [0.25, 0.3) is 5.89 Å². The maximum Gasteiger partial charge on any atom is 0.293 e. The summed E-state index contributed by atoms with van der Waals surface area (Å²) in [6, 6.07) is 11.6. The monoisotopic (exact) mass is 413 g/mol. The van der Waals surface area contributed by atoms with E-state index < -0.39 is 0 Å². The van der Waals surface area contributed by atoms with Crippen molar-refractivity contribution in [2.24, 2.45) is 0 Å². The van der Waals surface area contributed by atoms with Crippen molar-refractivity contribution in [2.45, 2.75) is 18.8 Å². The number of hydrogen-bond acceptors (Lipinski definition) is 6. The lowest BCUT2D eigenvalue weighted by Crippen LogP contribution is -1.83. The Bertz CT molecular complexity index is 1030. The minimum absolute atomic E-state index is 0.360. The lowest BCUT2D eigenvalue weighted by molar-refractivity contribution is 0.414. The smallest absolute Gasteiger partial charge is 0.293 e. The van der Waals surface area contributed by atoms with Gasteiger partial charge in [0.1, 0.15) is 0 Å². The van der Waals surface area contributed by atoms with Crippen LogP contribution in [0.25, 0.3) is 34.3 Å². The summed E-state index contributed by atoms with van der Waals surface area (Å²) < 4.78 is 11.3. The topological polar surface area (TPSA) is 65.0 Å². The summed E-state index contributed by atoms with van der Waals surface area (Å²) in [6.45, 7) is 0. The molecule has 4 aromatic rings. The summed E-state index contributed by atoms with van der Waals surface area (Å²) in [5, 5.41) is 7.42. The van der Waals surface area contributed by atoms with E-state index in [4.69, 9.17) is 13.9 Å². The van der Waals surface area contributed by atoms with E-state index >= 15 is 0 Å². The lowest BCUT2D eigenvalue weighted by atomic mass is 10.1. The average Bonchev–Trinajstić information content (AvgIpc) is 3.06. The van der Waals surface area contributed by atoms with E-state index in [2.05, 4.69) is 31.5 Å². The zero-order chi connectivity index (χ0) is 16.8. The van der Waals surface area contributed by atoms with Crippen LogP contribution in [0.2, 0.25) is 0 Å². The Morgan fingerprint density at radius 2 is 1.80 bits per heavy atom. The van der Waals surface area contributed by atoms with Gasteiger partial charge < -0.3 is 8.94 Å². The molecule has 1 aliphatic carbocycles. The zero-order valence-corrected chi connectivity index (χ0v) is 15.4. The molecule has 5 nitrogen and oxygen atoms in total. The highest BCUT2D eigenvalue weighted by molar-refractivity contribution is 9.10. The van der Waals surface area contributed by atoms with Crippen molar-refractivity contribution in [3.63, 3.8) is 0 Å². The van der Waals surface area contributed by atoms with Gasteiger partial charge >= 0.3 is 0 Å². The minimum atomic E-state index is 0.360. The quantitative estimate of drug-likeness (QED) is 0.425. The van der Waals surface area contributed by atoms with Gasteiger partial charge in [-0.3, -0.25) is 0 Å². The van der Waals surface area contributed by atoms with E-state index in [1.807, 2.05) is 24.3 Å². The first-order chi connectivity index (χ1) is 12.3. The number of rotatable bonds is 4. The fourth-order valence-corrected chi connectivity index (χ4v) is 3.91. The third-order valence-electron chi connectivity index (χ3n) is 4.10. The highest BCUT2D eigenvalue weighted by atomic mass is 79.9. The Morgan fingerprint density at radius 3 is 2.52 bits per heavy atom. The van der Waals surface area contributed by atoms with Crippen molar-refractivity contribution >= 4 is 27.3 Å². The van der Waals surface area contributed by atoms with Gasteiger partial charge in [-0.05, 0) is 40.9 Å². The predicted molar refractivity (Wildman–Crippen MR) is 98.2 cm³/mol. The molecule has 1 fully saturated rings. The van der Waals surface area contributed by atoms with Gasteiger partial charge in [-0.2, -0.15) is 4.98 Å². The van der Waals surface area contributed by atoms with Crippen molar-refractivity contribution in [3.05, 3.63) is 51.5 Å². The summed E-state index contributed by atoms with van der Waals surface area (Å²) in [7, 11) is 0. The molecule has 0 spiro atoms. The maximum atomic E-state index is 5.44. The first-order valence-electron chi connectivity index (χ1n) is 7.92. The van der Waals surface area contributed by atoms with E-state index in [9.17, 15) is 0 Å². The summed E-state index contributed by atoms with van der Waals surface area (Å²) in [5.74, 6) is 2.12. The van der Waals surface area contributed by atoms with Crippen LogP contribution in [0.3, 0.4) is 0 Å². The van der Waals surface area contributed by atoms with Crippen LogP contribution in [0.1, 0.15) is 23.8 Å². The van der Waals surface area contributed by atoms with Crippen molar-refractivity contribution in [2.75, 3.05) is 0 Å². The van der Waals surface area contributed by atoms with Gasteiger partial charge in [0.2, 0.25) is 5.82 Å². The van der Waals surface area contributed by atoms with Gasteiger partial charge in [-0.15, -0.1) is 11.3 Å². The van der Waals surface area contributed by atoms with E-state index in [1.54, 1.807) is 23.5 Å². The third-order valence-corrected chi connectivity index (χ3v) is 5.53. The highest BCUT2D eigenvalue weighted by Gasteiger charge is 2.26. The van der Waals surface area contributed by atoms with E-state index in [-0.39, 0.29) is 0 Å². The second-order valence-corrected chi connectivity index (χ2v) is 7.62. The van der Waals surface area contributed by atoms with E-state index in [0.29, 0.717) is 28.1 Å². The summed E-state index contributed by atoms with van der Waals surface area (Å²) in [4.78, 5) is 9.14. The van der Waals surface area contributed by atoms with Gasteiger partial charge in [0, 0.05) is 22.4 Å². The molecule has 0 radical (unpaired) electrons. The van der Waals surface area contributed by atoms with Gasteiger partial charge in [-0.1, -0.05) is 29.4 Å². The first kappa shape index (κ1) is 15.0. The van der Waals surface area contributed by atoms with Crippen molar-refractivity contribution < 1.29 is 8.94 Å². The molecule has 3 heterocycles. The van der Waals surface area contributed by atoms with Crippen LogP contribution >= 0.6 is 27.3 Å². The lowest BCUT2D eigenvalue weighted by Gasteiger charge is -1.98. The van der Waals surface area contributed by atoms with Gasteiger partial charge in [0.15, 0.2) is 10.4 Å². The number of benzene rings is 1. The van der Waals surface area contributed by atoms with Crippen molar-refractivity contribution in [1.82, 2.24) is 15.1 Å². The molecule has 7 heteroatoms. The normalized spacial score (nSPS) is 14.1. The molecule has 0 amide bonds. The number of nitrogens with zero attached hydrogens (tertiary/aromatic N) is 3. The van der Waals surface area contributed by atoms with Crippen LogP contribution in [0, 0.1) is 0 Å². The maximum absolute atomic E-state index is 5.44. The second-order valence-electron chi connectivity index (χ2n) is 5.95. The Labute approximate surface area is 155 Å². The van der Waals surface area contributed by atoms with Crippen LogP contribution in [-0.4, -0.2) is 15.1 Å². The van der Waals surface area contributed by atoms with Crippen LogP contribution in [0.4, 0.5) is 0 Å². The number of hydrogen-bond donors (Lipinski definition) is 0. The molecule has 0 N–H and O–H groups in total. The predicted octanol–water partition coefficient (Wildman–Crippen LogP) is 5.76. The van der Waals surface area contributed by atoms with Crippen molar-refractivity contribution in [3.8, 4) is 34.3 Å². The number of aromatic nitrogens is 3.